The van der Waals surface area contributed by atoms with Gasteiger partial charge in [0.15, 0.2) is 0 Å². The summed E-state index contributed by atoms with van der Waals surface area (Å²) in [6.07, 6.45) is 0. The molecule has 1 rings (SSSR count). The molecule has 1 aromatic carbocycles. The first kappa shape index (κ1) is 11.4. The highest BCUT2D eigenvalue weighted by Gasteiger charge is 2.02. The number of likely N-dealkylation sites (N-methyl/N-ethyl adjacent to an activating group) is 1. The third kappa shape index (κ3) is 3.16. The van der Waals surface area contributed by atoms with E-state index < -0.39 is 0 Å². The van der Waals surface area contributed by atoms with E-state index in [1.165, 1.54) is 0 Å². The zero-order chi connectivity index (χ0) is 11.1. The van der Waals surface area contributed by atoms with Crippen molar-refractivity contribution < 1.29 is 5.11 Å². The summed E-state index contributed by atoms with van der Waals surface area (Å²) in [6.45, 7) is 3.60. The molecule has 0 spiro atoms. The fourth-order valence-corrected chi connectivity index (χ4v) is 1.37. The Hall–Kier alpha value is -1.71. The molecular weight excluding hydrogens is 192 g/mol. The van der Waals surface area contributed by atoms with Crippen LogP contribution in [0.25, 0.3) is 10.4 Å². The second-order valence-electron chi connectivity index (χ2n) is 3.01. The highest BCUT2D eigenvalue weighted by Crippen LogP contribution is 2.19. The number of aliphatic hydroxyl groups excluding tert-OH is 1. The third-order valence-corrected chi connectivity index (χ3v) is 2.13. The predicted molar refractivity (Wildman–Crippen MR) is 60.2 cm³/mol. The maximum absolute atomic E-state index is 8.86. The summed E-state index contributed by atoms with van der Waals surface area (Å²) in [6, 6.07) is 7.27. The number of rotatable bonds is 5. The van der Waals surface area contributed by atoms with Crippen molar-refractivity contribution in [3.05, 3.63) is 34.7 Å². The van der Waals surface area contributed by atoms with E-state index in [1.54, 1.807) is 12.1 Å². The second kappa shape index (κ2) is 5.90. The maximum Gasteiger partial charge on any atom is 0.0606 e. The van der Waals surface area contributed by atoms with Crippen LogP contribution in [0.3, 0.4) is 0 Å². The molecule has 0 amide bonds. The quantitative estimate of drug-likeness (QED) is 0.456. The van der Waals surface area contributed by atoms with Gasteiger partial charge in [-0.2, -0.15) is 0 Å². The Bertz CT molecular complexity index is 343. The lowest BCUT2D eigenvalue weighted by molar-refractivity contribution is 0.302. The number of hydrogen-bond donors (Lipinski definition) is 1. The fraction of sp³-hybridized carbons (Fsp3) is 0.400. The Morgan fingerprint density at radius 1 is 1.40 bits per heavy atom. The van der Waals surface area contributed by atoms with E-state index in [2.05, 4.69) is 10.0 Å². The fourth-order valence-electron chi connectivity index (χ4n) is 1.37. The molecule has 0 saturated heterocycles. The molecule has 0 aliphatic rings. The molecule has 0 unspecified atom stereocenters. The average Bonchev–Trinajstić information content (AvgIpc) is 2.28. The number of nitrogens with zero attached hydrogens (tertiary/aromatic N) is 4. The minimum atomic E-state index is 0.131. The van der Waals surface area contributed by atoms with Crippen LogP contribution in [-0.4, -0.2) is 24.8 Å². The standard InChI is InChI=1S/C10H14N4O/c1-2-14(7-8-15)10-5-3-9(4-6-10)12-13-11/h3-6,15H,2,7-8H2,1H3. The minimum absolute atomic E-state index is 0.131. The largest absolute Gasteiger partial charge is 0.395 e. The van der Waals surface area contributed by atoms with Crippen LogP contribution in [0.2, 0.25) is 0 Å². The molecule has 0 bridgehead atoms. The normalized spacial score (nSPS) is 9.47. The SMILES string of the molecule is CCN(CCO)c1ccc(N=[N+]=[N-])cc1. The summed E-state index contributed by atoms with van der Waals surface area (Å²) in [5.41, 5.74) is 9.86. The number of azide groups is 1. The van der Waals surface area contributed by atoms with Crippen LogP contribution in [0.5, 0.6) is 0 Å². The summed E-state index contributed by atoms with van der Waals surface area (Å²) >= 11 is 0. The molecule has 0 radical (unpaired) electrons. The monoisotopic (exact) mass is 206 g/mol. The van der Waals surface area contributed by atoms with Gasteiger partial charge in [-0.25, -0.2) is 0 Å². The van der Waals surface area contributed by atoms with E-state index in [1.807, 2.05) is 24.0 Å². The van der Waals surface area contributed by atoms with Crippen molar-refractivity contribution in [2.45, 2.75) is 6.92 Å². The van der Waals surface area contributed by atoms with Gasteiger partial charge in [0.1, 0.15) is 0 Å². The molecule has 0 aliphatic heterocycles. The van der Waals surface area contributed by atoms with E-state index in [0.717, 1.165) is 12.2 Å². The smallest absolute Gasteiger partial charge is 0.0606 e. The van der Waals surface area contributed by atoms with Gasteiger partial charge in [0, 0.05) is 29.4 Å². The van der Waals surface area contributed by atoms with Crippen LogP contribution in [-0.2, 0) is 0 Å². The van der Waals surface area contributed by atoms with Crippen LogP contribution in [0.15, 0.2) is 29.4 Å². The summed E-state index contributed by atoms with van der Waals surface area (Å²) in [4.78, 5) is 4.75. The number of aliphatic hydroxyl groups is 1. The first-order valence-electron chi connectivity index (χ1n) is 4.82. The minimum Gasteiger partial charge on any atom is -0.395 e. The molecule has 5 heteroatoms. The van der Waals surface area contributed by atoms with E-state index in [-0.39, 0.29) is 6.61 Å². The van der Waals surface area contributed by atoms with Crippen molar-refractivity contribution in [1.82, 2.24) is 0 Å². The van der Waals surface area contributed by atoms with Crippen LogP contribution in [0, 0.1) is 0 Å². The van der Waals surface area contributed by atoms with E-state index in [0.29, 0.717) is 12.2 Å². The summed E-state index contributed by atoms with van der Waals surface area (Å²) in [5.74, 6) is 0. The first-order chi connectivity index (χ1) is 7.31. The van der Waals surface area contributed by atoms with Gasteiger partial charge in [0.05, 0.1) is 6.61 Å². The van der Waals surface area contributed by atoms with Crippen molar-refractivity contribution in [2.24, 2.45) is 5.11 Å². The van der Waals surface area contributed by atoms with Gasteiger partial charge >= 0.3 is 0 Å². The van der Waals surface area contributed by atoms with E-state index in [4.69, 9.17) is 10.6 Å². The number of hydrogen-bond acceptors (Lipinski definition) is 3. The highest BCUT2D eigenvalue weighted by molar-refractivity contribution is 5.52. The van der Waals surface area contributed by atoms with Crippen molar-refractivity contribution >= 4 is 11.4 Å². The third-order valence-electron chi connectivity index (χ3n) is 2.13. The number of anilines is 1. The molecule has 15 heavy (non-hydrogen) atoms. The molecule has 80 valence electrons. The van der Waals surface area contributed by atoms with Crippen molar-refractivity contribution in [1.29, 1.82) is 0 Å². The Morgan fingerprint density at radius 3 is 2.53 bits per heavy atom. The maximum atomic E-state index is 8.86. The van der Waals surface area contributed by atoms with Crippen molar-refractivity contribution in [2.75, 3.05) is 24.6 Å². The van der Waals surface area contributed by atoms with Gasteiger partial charge in [-0.1, -0.05) is 17.2 Å². The topological polar surface area (TPSA) is 72.2 Å². The molecule has 0 atom stereocenters. The average molecular weight is 206 g/mol. The van der Waals surface area contributed by atoms with Crippen LogP contribution in [0.1, 0.15) is 6.92 Å². The van der Waals surface area contributed by atoms with Crippen LogP contribution < -0.4 is 4.90 Å². The van der Waals surface area contributed by atoms with Gasteiger partial charge in [0.2, 0.25) is 0 Å². The van der Waals surface area contributed by atoms with Gasteiger partial charge in [-0.3, -0.25) is 0 Å². The Balaban J connectivity index is 2.81. The molecule has 0 aromatic heterocycles. The Labute approximate surface area is 88.6 Å². The highest BCUT2D eigenvalue weighted by atomic mass is 16.3. The Morgan fingerprint density at radius 2 is 2.07 bits per heavy atom. The first-order valence-corrected chi connectivity index (χ1v) is 4.82. The van der Waals surface area contributed by atoms with Gasteiger partial charge < -0.3 is 10.0 Å². The lowest BCUT2D eigenvalue weighted by atomic mass is 10.2. The molecular formula is C10H14N4O. The van der Waals surface area contributed by atoms with E-state index in [9.17, 15) is 0 Å². The lowest BCUT2D eigenvalue weighted by Gasteiger charge is -2.21. The summed E-state index contributed by atoms with van der Waals surface area (Å²) in [5, 5.41) is 12.4. The molecule has 0 aliphatic carbocycles. The van der Waals surface area contributed by atoms with Gasteiger partial charge in [-0.05, 0) is 24.6 Å². The van der Waals surface area contributed by atoms with Gasteiger partial charge in [-0.15, -0.1) is 0 Å². The lowest BCUT2D eigenvalue weighted by Crippen LogP contribution is -2.25. The molecule has 0 heterocycles. The zero-order valence-electron chi connectivity index (χ0n) is 8.67. The predicted octanol–water partition coefficient (Wildman–Crippen LogP) is 2.45. The molecule has 0 fully saturated rings. The molecule has 1 N–H and O–H groups in total. The van der Waals surface area contributed by atoms with Gasteiger partial charge in [0.25, 0.3) is 0 Å². The summed E-state index contributed by atoms with van der Waals surface area (Å²) < 4.78 is 0. The molecule has 5 nitrogen and oxygen atoms in total. The van der Waals surface area contributed by atoms with Crippen molar-refractivity contribution in [3.63, 3.8) is 0 Å². The number of benzene rings is 1. The molecule has 0 saturated carbocycles. The van der Waals surface area contributed by atoms with Crippen LogP contribution in [0.4, 0.5) is 11.4 Å². The van der Waals surface area contributed by atoms with E-state index >= 15 is 0 Å². The zero-order valence-corrected chi connectivity index (χ0v) is 8.67. The molecule has 1 aromatic rings. The summed E-state index contributed by atoms with van der Waals surface area (Å²) in [7, 11) is 0. The van der Waals surface area contributed by atoms with Crippen molar-refractivity contribution in [3.8, 4) is 0 Å². The second-order valence-corrected chi connectivity index (χ2v) is 3.01. The Kier molecular flexibility index (Phi) is 4.47. The van der Waals surface area contributed by atoms with Crippen LogP contribution >= 0.6 is 0 Å².